The first-order valence-electron chi connectivity index (χ1n) is 9.67. The van der Waals surface area contributed by atoms with Crippen molar-refractivity contribution >= 4 is 29.3 Å². The number of benzene rings is 3. The van der Waals surface area contributed by atoms with E-state index in [0.29, 0.717) is 5.71 Å². The highest BCUT2D eigenvalue weighted by atomic mass is 16.2. The van der Waals surface area contributed by atoms with Crippen molar-refractivity contribution in [2.24, 2.45) is 4.99 Å². The Morgan fingerprint density at radius 3 is 2.30 bits per heavy atom. The van der Waals surface area contributed by atoms with Gasteiger partial charge in [0.2, 0.25) is 12.1 Å². The highest BCUT2D eigenvalue weighted by Gasteiger charge is 2.30. The van der Waals surface area contributed by atoms with Gasteiger partial charge in [0.1, 0.15) is 0 Å². The van der Waals surface area contributed by atoms with E-state index < -0.39 is 6.17 Å². The minimum Gasteiger partial charge on any atom is -0.323 e. The molecule has 1 heterocycles. The molecule has 0 spiro atoms. The highest BCUT2D eigenvalue weighted by molar-refractivity contribution is 6.20. The molecular formula is C25H21N3O2. The van der Waals surface area contributed by atoms with Crippen molar-refractivity contribution in [1.82, 2.24) is 5.32 Å². The van der Waals surface area contributed by atoms with Gasteiger partial charge in [0.15, 0.2) is 0 Å². The maximum Gasteiger partial charge on any atom is 0.272 e. The summed E-state index contributed by atoms with van der Waals surface area (Å²) in [6.07, 6.45) is 2.10. The van der Waals surface area contributed by atoms with E-state index in [1.807, 2.05) is 84.9 Å². The molecule has 5 nitrogen and oxygen atoms in total. The maximum atomic E-state index is 13.1. The Balaban J connectivity index is 1.68. The zero-order chi connectivity index (χ0) is 20.9. The molecular weight excluding hydrogens is 374 g/mol. The SMILES string of the molecule is CN1C(=O)[C@@H](NC(=O)C=Cc2ccccc2)N=C(c2ccccc2)c2ccccc21. The van der Waals surface area contributed by atoms with Gasteiger partial charge in [-0.1, -0.05) is 78.9 Å². The van der Waals surface area contributed by atoms with E-state index in [0.717, 1.165) is 22.4 Å². The summed E-state index contributed by atoms with van der Waals surface area (Å²) in [5.74, 6) is -0.678. The van der Waals surface area contributed by atoms with Gasteiger partial charge < -0.3 is 10.2 Å². The van der Waals surface area contributed by atoms with Crippen LogP contribution in [0.25, 0.3) is 6.08 Å². The van der Waals surface area contributed by atoms with E-state index in [-0.39, 0.29) is 11.8 Å². The van der Waals surface area contributed by atoms with Gasteiger partial charge in [-0.3, -0.25) is 9.59 Å². The molecule has 0 aromatic heterocycles. The summed E-state index contributed by atoms with van der Waals surface area (Å²) in [5.41, 5.74) is 4.05. The highest BCUT2D eigenvalue weighted by Crippen LogP contribution is 2.27. The average molecular weight is 395 g/mol. The Hall–Kier alpha value is -3.99. The Morgan fingerprint density at radius 1 is 0.933 bits per heavy atom. The van der Waals surface area contributed by atoms with Gasteiger partial charge in [-0.05, 0) is 17.7 Å². The Labute approximate surface area is 175 Å². The number of benzodiazepines with no additional fused rings is 1. The average Bonchev–Trinajstić information content (AvgIpc) is 2.90. The van der Waals surface area contributed by atoms with E-state index in [1.54, 1.807) is 18.0 Å². The van der Waals surface area contributed by atoms with Crippen molar-refractivity contribution < 1.29 is 9.59 Å². The fraction of sp³-hybridized carbons (Fsp3) is 0.0800. The van der Waals surface area contributed by atoms with Crippen molar-refractivity contribution in [2.75, 3.05) is 11.9 Å². The first-order chi connectivity index (χ1) is 14.6. The normalized spacial score (nSPS) is 16.0. The molecule has 0 fully saturated rings. The number of fused-ring (bicyclic) bond motifs is 1. The Bertz CT molecular complexity index is 1120. The molecule has 0 saturated heterocycles. The van der Waals surface area contributed by atoms with E-state index in [1.165, 1.54) is 6.08 Å². The lowest BCUT2D eigenvalue weighted by Crippen LogP contribution is -2.45. The van der Waals surface area contributed by atoms with Crippen LogP contribution >= 0.6 is 0 Å². The number of anilines is 1. The van der Waals surface area contributed by atoms with Gasteiger partial charge in [-0.15, -0.1) is 0 Å². The number of hydrogen-bond donors (Lipinski definition) is 1. The number of amides is 2. The number of aliphatic imine (C=N–C) groups is 1. The minimum absolute atomic E-state index is 0.296. The molecule has 0 bridgehead atoms. The van der Waals surface area contributed by atoms with Crippen LogP contribution in [0.2, 0.25) is 0 Å². The second kappa shape index (κ2) is 8.57. The second-order valence-electron chi connectivity index (χ2n) is 6.91. The van der Waals surface area contributed by atoms with Gasteiger partial charge in [0, 0.05) is 24.3 Å². The van der Waals surface area contributed by atoms with Gasteiger partial charge in [-0.25, -0.2) is 4.99 Å². The van der Waals surface area contributed by atoms with E-state index in [2.05, 4.69) is 10.3 Å². The molecule has 5 heteroatoms. The first kappa shape index (κ1) is 19.3. The Morgan fingerprint density at radius 2 is 1.57 bits per heavy atom. The number of nitrogens with zero attached hydrogens (tertiary/aromatic N) is 2. The molecule has 1 aliphatic rings. The molecule has 0 radical (unpaired) electrons. The van der Waals surface area contributed by atoms with Crippen LogP contribution in [0.4, 0.5) is 5.69 Å². The van der Waals surface area contributed by atoms with Crippen LogP contribution in [-0.2, 0) is 9.59 Å². The summed E-state index contributed by atoms with van der Waals surface area (Å²) >= 11 is 0. The molecule has 148 valence electrons. The summed E-state index contributed by atoms with van der Waals surface area (Å²) in [6, 6.07) is 26.8. The van der Waals surface area contributed by atoms with Crippen LogP contribution in [0.1, 0.15) is 16.7 Å². The lowest BCUT2D eigenvalue weighted by atomic mass is 10.0. The van der Waals surface area contributed by atoms with Crippen LogP contribution in [0, 0.1) is 0 Å². The fourth-order valence-corrected chi connectivity index (χ4v) is 3.36. The predicted molar refractivity (Wildman–Crippen MR) is 119 cm³/mol. The van der Waals surface area contributed by atoms with E-state index in [4.69, 9.17) is 0 Å². The lowest BCUT2D eigenvalue weighted by Gasteiger charge is -2.20. The zero-order valence-corrected chi connectivity index (χ0v) is 16.5. The van der Waals surface area contributed by atoms with Crippen LogP contribution < -0.4 is 10.2 Å². The number of hydrogen-bond acceptors (Lipinski definition) is 3. The third-order valence-corrected chi connectivity index (χ3v) is 4.90. The molecule has 3 aromatic rings. The summed E-state index contributed by atoms with van der Waals surface area (Å²) < 4.78 is 0. The number of likely N-dealkylation sites (N-methyl/N-ethyl adjacent to an activating group) is 1. The third kappa shape index (κ3) is 4.05. The van der Waals surface area contributed by atoms with Crippen molar-refractivity contribution in [3.63, 3.8) is 0 Å². The number of carbonyl (C=O) groups excluding carboxylic acids is 2. The predicted octanol–water partition coefficient (Wildman–Crippen LogP) is 3.66. The van der Waals surface area contributed by atoms with Crippen LogP contribution in [0.15, 0.2) is 96.0 Å². The molecule has 0 unspecified atom stereocenters. The van der Waals surface area contributed by atoms with Crippen molar-refractivity contribution in [3.8, 4) is 0 Å². The number of rotatable bonds is 4. The van der Waals surface area contributed by atoms with Gasteiger partial charge >= 0.3 is 0 Å². The topological polar surface area (TPSA) is 61.8 Å². The Kier molecular flexibility index (Phi) is 5.52. The number of carbonyl (C=O) groups is 2. The minimum atomic E-state index is -1.02. The van der Waals surface area contributed by atoms with E-state index >= 15 is 0 Å². The van der Waals surface area contributed by atoms with Gasteiger partial charge in [0.05, 0.1) is 11.4 Å². The van der Waals surface area contributed by atoms with Crippen molar-refractivity contribution in [2.45, 2.75) is 6.17 Å². The van der Waals surface area contributed by atoms with Crippen molar-refractivity contribution in [3.05, 3.63) is 108 Å². The molecule has 4 rings (SSSR count). The quantitative estimate of drug-likeness (QED) is 0.686. The monoisotopic (exact) mass is 395 g/mol. The molecule has 30 heavy (non-hydrogen) atoms. The second-order valence-corrected chi connectivity index (χ2v) is 6.91. The molecule has 0 aliphatic carbocycles. The maximum absolute atomic E-state index is 13.1. The molecule has 1 aliphatic heterocycles. The van der Waals surface area contributed by atoms with E-state index in [9.17, 15) is 9.59 Å². The summed E-state index contributed by atoms with van der Waals surface area (Å²) in [6.45, 7) is 0. The van der Waals surface area contributed by atoms with Crippen molar-refractivity contribution in [1.29, 1.82) is 0 Å². The molecule has 3 aromatic carbocycles. The molecule has 0 saturated carbocycles. The molecule has 2 amide bonds. The van der Waals surface area contributed by atoms with Crippen LogP contribution in [-0.4, -0.2) is 30.7 Å². The summed E-state index contributed by atoms with van der Waals surface area (Å²) in [4.78, 5) is 31.8. The number of para-hydroxylation sites is 1. The smallest absolute Gasteiger partial charge is 0.272 e. The first-order valence-corrected chi connectivity index (χ1v) is 9.67. The van der Waals surface area contributed by atoms with Gasteiger partial charge in [0.25, 0.3) is 5.91 Å². The number of nitrogens with one attached hydrogen (secondary N) is 1. The zero-order valence-electron chi connectivity index (χ0n) is 16.5. The van der Waals surface area contributed by atoms with Gasteiger partial charge in [-0.2, -0.15) is 0 Å². The van der Waals surface area contributed by atoms with Crippen LogP contribution in [0.5, 0.6) is 0 Å². The molecule has 1 atom stereocenters. The molecule has 1 N–H and O–H groups in total. The standard InChI is InChI=1S/C25H21N3O2/c1-28-21-15-9-8-14-20(21)23(19-12-6-3-7-13-19)27-24(25(28)30)26-22(29)17-16-18-10-4-2-5-11-18/h2-17,24H,1H3,(H,26,29)/t24-/m0/s1. The summed E-state index contributed by atoms with van der Waals surface area (Å²) in [7, 11) is 1.70. The lowest BCUT2D eigenvalue weighted by molar-refractivity contribution is -0.124. The third-order valence-electron chi connectivity index (χ3n) is 4.90. The summed E-state index contributed by atoms with van der Waals surface area (Å²) in [5, 5.41) is 2.74. The fourth-order valence-electron chi connectivity index (χ4n) is 3.36. The largest absolute Gasteiger partial charge is 0.323 e. The van der Waals surface area contributed by atoms with Crippen LogP contribution in [0.3, 0.4) is 0 Å².